The molecule has 0 aliphatic heterocycles. The number of carbonyl (C=O) groups is 1. The first kappa shape index (κ1) is 18.5. The monoisotopic (exact) mass is 317 g/mol. The molecular weight excluding hydrogens is 295 g/mol. The van der Waals surface area contributed by atoms with Crippen LogP contribution >= 0.6 is 0 Å². The highest BCUT2D eigenvalue weighted by Crippen LogP contribution is 2.30. The van der Waals surface area contributed by atoms with E-state index in [0.717, 1.165) is 12.1 Å². The first-order valence-electron chi connectivity index (χ1n) is 7.20. The molecular formula is C16H22F3NO2. The van der Waals surface area contributed by atoms with Gasteiger partial charge in [-0.15, -0.1) is 0 Å². The molecule has 3 nitrogen and oxygen atoms in total. The fraction of sp³-hybridized carbons (Fsp3) is 0.562. The van der Waals surface area contributed by atoms with E-state index in [-0.39, 0.29) is 18.2 Å². The van der Waals surface area contributed by atoms with Crippen molar-refractivity contribution in [2.75, 3.05) is 13.6 Å². The predicted molar refractivity (Wildman–Crippen MR) is 78.4 cm³/mol. The number of aliphatic hydroxyl groups is 1. The standard InChI is InChI=1S/C16H22F3NO2/c1-11(10-15(22)20(3)9-8-12(2)21)13-4-6-14(7-5-13)16(17,18)19/h4-7,11-12,21H,8-10H2,1-3H3. The molecule has 0 radical (unpaired) electrons. The minimum atomic E-state index is -4.35. The van der Waals surface area contributed by atoms with E-state index in [1.54, 1.807) is 14.0 Å². The number of halogens is 3. The summed E-state index contributed by atoms with van der Waals surface area (Å²) in [5.41, 5.74) is 0.00843. The number of alkyl halides is 3. The zero-order valence-corrected chi connectivity index (χ0v) is 13.0. The first-order chi connectivity index (χ1) is 10.1. The highest BCUT2D eigenvalue weighted by molar-refractivity contribution is 5.76. The maximum absolute atomic E-state index is 12.5. The third-order valence-electron chi connectivity index (χ3n) is 3.60. The molecule has 1 amide bonds. The van der Waals surface area contributed by atoms with Crippen LogP contribution in [0.5, 0.6) is 0 Å². The predicted octanol–water partition coefficient (Wildman–Crippen LogP) is 3.43. The molecule has 0 heterocycles. The van der Waals surface area contributed by atoms with Crippen molar-refractivity contribution in [1.82, 2.24) is 4.90 Å². The Hall–Kier alpha value is -1.56. The van der Waals surface area contributed by atoms with Gasteiger partial charge in [0.05, 0.1) is 11.7 Å². The van der Waals surface area contributed by atoms with Crippen molar-refractivity contribution in [1.29, 1.82) is 0 Å². The Labute approximate surface area is 128 Å². The number of aliphatic hydroxyl groups excluding tert-OH is 1. The van der Waals surface area contributed by atoms with Crippen molar-refractivity contribution in [2.45, 2.75) is 44.9 Å². The number of amides is 1. The fourth-order valence-electron chi connectivity index (χ4n) is 2.04. The van der Waals surface area contributed by atoms with E-state index in [4.69, 9.17) is 0 Å². The van der Waals surface area contributed by atoms with Crippen LogP contribution in [-0.2, 0) is 11.0 Å². The summed E-state index contributed by atoms with van der Waals surface area (Å²) in [6.07, 6.45) is -4.10. The summed E-state index contributed by atoms with van der Waals surface area (Å²) in [5.74, 6) is -0.253. The molecule has 0 fully saturated rings. The molecule has 0 bridgehead atoms. The lowest BCUT2D eigenvalue weighted by atomic mass is 9.96. The lowest BCUT2D eigenvalue weighted by molar-refractivity contribution is -0.137. The van der Waals surface area contributed by atoms with E-state index in [9.17, 15) is 23.1 Å². The van der Waals surface area contributed by atoms with Crippen LogP contribution in [0.15, 0.2) is 24.3 Å². The average molecular weight is 317 g/mol. The third kappa shape index (κ3) is 5.67. The van der Waals surface area contributed by atoms with Gasteiger partial charge in [-0.2, -0.15) is 13.2 Å². The van der Waals surface area contributed by atoms with Gasteiger partial charge in [0, 0.05) is 20.0 Å². The van der Waals surface area contributed by atoms with Crippen LogP contribution in [-0.4, -0.2) is 35.6 Å². The number of hydrogen-bond acceptors (Lipinski definition) is 2. The minimum absolute atomic E-state index is 0.0898. The zero-order chi connectivity index (χ0) is 16.9. The molecule has 2 atom stereocenters. The van der Waals surface area contributed by atoms with Crippen LogP contribution in [0.2, 0.25) is 0 Å². The molecule has 124 valence electrons. The van der Waals surface area contributed by atoms with Crippen LogP contribution in [0.1, 0.15) is 43.7 Å². The number of hydrogen-bond donors (Lipinski definition) is 1. The molecule has 0 saturated carbocycles. The highest BCUT2D eigenvalue weighted by Gasteiger charge is 2.30. The second-order valence-corrected chi connectivity index (χ2v) is 5.68. The maximum Gasteiger partial charge on any atom is 0.416 e. The molecule has 6 heteroatoms. The summed E-state index contributed by atoms with van der Waals surface area (Å²) in [7, 11) is 1.66. The van der Waals surface area contributed by atoms with Gasteiger partial charge in [0.2, 0.25) is 5.91 Å². The minimum Gasteiger partial charge on any atom is -0.393 e. The van der Waals surface area contributed by atoms with Crippen molar-refractivity contribution in [3.05, 3.63) is 35.4 Å². The summed E-state index contributed by atoms with van der Waals surface area (Å²) in [5, 5.41) is 9.20. The zero-order valence-electron chi connectivity index (χ0n) is 13.0. The molecule has 0 aliphatic rings. The Balaban J connectivity index is 2.61. The number of benzene rings is 1. The lowest BCUT2D eigenvalue weighted by Gasteiger charge is -2.20. The van der Waals surface area contributed by atoms with Crippen LogP contribution in [0.25, 0.3) is 0 Å². The molecule has 0 aromatic heterocycles. The second kappa shape index (κ2) is 7.63. The maximum atomic E-state index is 12.5. The van der Waals surface area contributed by atoms with Gasteiger partial charge in [-0.3, -0.25) is 4.79 Å². The van der Waals surface area contributed by atoms with Gasteiger partial charge >= 0.3 is 6.18 Å². The molecule has 1 N–H and O–H groups in total. The SMILES string of the molecule is CC(O)CCN(C)C(=O)CC(C)c1ccc(C(F)(F)F)cc1. The fourth-order valence-corrected chi connectivity index (χ4v) is 2.04. The molecule has 0 saturated heterocycles. The van der Waals surface area contributed by atoms with E-state index < -0.39 is 17.8 Å². The molecule has 1 rings (SSSR count). The van der Waals surface area contributed by atoms with Crippen molar-refractivity contribution in [3.8, 4) is 0 Å². The topological polar surface area (TPSA) is 40.5 Å². The van der Waals surface area contributed by atoms with Gasteiger partial charge in [-0.1, -0.05) is 19.1 Å². The van der Waals surface area contributed by atoms with E-state index in [2.05, 4.69) is 0 Å². The smallest absolute Gasteiger partial charge is 0.393 e. The summed E-state index contributed by atoms with van der Waals surface area (Å²) < 4.78 is 37.5. The van der Waals surface area contributed by atoms with Crippen LogP contribution in [0.3, 0.4) is 0 Å². The van der Waals surface area contributed by atoms with E-state index in [1.807, 2.05) is 6.92 Å². The Bertz CT molecular complexity index is 483. The number of nitrogens with zero attached hydrogens (tertiary/aromatic N) is 1. The van der Waals surface area contributed by atoms with Gasteiger partial charge in [0.25, 0.3) is 0 Å². The highest BCUT2D eigenvalue weighted by atomic mass is 19.4. The molecule has 0 spiro atoms. The van der Waals surface area contributed by atoms with Gasteiger partial charge in [-0.25, -0.2) is 0 Å². The quantitative estimate of drug-likeness (QED) is 0.873. The van der Waals surface area contributed by atoms with Gasteiger partial charge in [0.15, 0.2) is 0 Å². The summed E-state index contributed by atoms with van der Waals surface area (Å²) in [4.78, 5) is 13.6. The Morgan fingerprint density at radius 1 is 1.23 bits per heavy atom. The van der Waals surface area contributed by atoms with Crippen LogP contribution in [0.4, 0.5) is 13.2 Å². The molecule has 1 aromatic rings. The van der Waals surface area contributed by atoms with Crippen molar-refractivity contribution in [3.63, 3.8) is 0 Å². The van der Waals surface area contributed by atoms with Crippen LogP contribution in [0, 0.1) is 0 Å². The van der Waals surface area contributed by atoms with Crippen LogP contribution < -0.4 is 0 Å². The Morgan fingerprint density at radius 3 is 2.23 bits per heavy atom. The van der Waals surface area contributed by atoms with E-state index >= 15 is 0 Å². The first-order valence-corrected chi connectivity index (χ1v) is 7.20. The van der Waals surface area contributed by atoms with Gasteiger partial charge in [0.1, 0.15) is 0 Å². The third-order valence-corrected chi connectivity index (χ3v) is 3.60. The Kier molecular flexibility index (Phi) is 6.41. The largest absolute Gasteiger partial charge is 0.416 e. The van der Waals surface area contributed by atoms with Gasteiger partial charge < -0.3 is 10.0 Å². The number of rotatable bonds is 6. The molecule has 22 heavy (non-hydrogen) atoms. The molecule has 2 unspecified atom stereocenters. The average Bonchev–Trinajstić information content (AvgIpc) is 2.43. The number of carbonyl (C=O) groups excluding carboxylic acids is 1. The summed E-state index contributed by atoms with van der Waals surface area (Å²) >= 11 is 0. The van der Waals surface area contributed by atoms with Crippen molar-refractivity contribution < 1.29 is 23.1 Å². The normalized spacial score (nSPS) is 14.5. The molecule has 1 aromatic carbocycles. The molecule has 0 aliphatic carbocycles. The lowest BCUT2D eigenvalue weighted by Crippen LogP contribution is -2.30. The van der Waals surface area contributed by atoms with E-state index in [0.29, 0.717) is 18.5 Å². The van der Waals surface area contributed by atoms with Crippen molar-refractivity contribution >= 4 is 5.91 Å². The summed E-state index contributed by atoms with van der Waals surface area (Å²) in [6.45, 7) is 3.92. The van der Waals surface area contributed by atoms with Crippen molar-refractivity contribution in [2.24, 2.45) is 0 Å². The van der Waals surface area contributed by atoms with E-state index in [1.165, 1.54) is 17.0 Å². The summed E-state index contributed by atoms with van der Waals surface area (Å²) in [6, 6.07) is 4.90. The second-order valence-electron chi connectivity index (χ2n) is 5.68. The van der Waals surface area contributed by atoms with Gasteiger partial charge in [-0.05, 0) is 37.0 Å². The Morgan fingerprint density at radius 2 is 1.77 bits per heavy atom.